The van der Waals surface area contributed by atoms with E-state index in [1.54, 1.807) is 6.07 Å². The van der Waals surface area contributed by atoms with Crippen LogP contribution in [0.25, 0.3) is 0 Å². The minimum atomic E-state index is -0.965. The standard InChI is InChI=1S/C23H30N2O5/c1-14-6-7-16(3)17(8-14)18(26)12-30-19(27)11-25-20(28)23(24-21(25)29)10-15(2)9-22(4,5)13-23/h6-8,15H,9-13H2,1-5H3,(H,24,29)/t15-,23-/m1/s1. The van der Waals surface area contributed by atoms with E-state index in [1.165, 1.54) is 0 Å². The first-order valence-corrected chi connectivity index (χ1v) is 10.3. The van der Waals surface area contributed by atoms with E-state index in [-0.39, 0.29) is 23.0 Å². The average molecular weight is 415 g/mol. The van der Waals surface area contributed by atoms with Crippen LogP contribution in [0, 0.1) is 25.2 Å². The number of rotatable bonds is 5. The fraction of sp³-hybridized carbons (Fsp3) is 0.565. The third kappa shape index (κ3) is 4.40. The van der Waals surface area contributed by atoms with E-state index in [0.29, 0.717) is 18.4 Å². The molecule has 7 heteroatoms. The molecule has 0 radical (unpaired) electrons. The van der Waals surface area contributed by atoms with Gasteiger partial charge in [0.2, 0.25) is 5.78 Å². The van der Waals surface area contributed by atoms with Gasteiger partial charge in [-0.3, -0.25) is 19.3 Å². The molecule has 1 saturated heterocycles. The summed E-state index contributed by atoms with van der Waals surface area (Å²) in [5, 5.41) is 2.83. The van der Waals surface area contributed by atoms with Crippen LogP contribution < -0.4 is 5.32 Å². The summed E-state index contributed by atoms with van der Waals surface area (Å²) in [7, 11) is 0. The van der Waals surface area contributed by atoms with Gasteiger partial charge in [0, 0.05) is 5.56 Å². The van der Waals surface area contributed by atoms with Crippen LogP contribution >= 0.6 is 0 Å². The van der Waals surface area contributed by atoms with Crippen LogP contribution in [0.15, 0.2) is 18.2 Å². The predicted octanol–water partition coefficient (Wildman–Crippen LogP) is 3.17. The van der Waals surface area contributed by atoms with Crippen molar-refractivity contribution in [1.82, 2.24) is 10.2 Å². The molecule has 2 aliphatic rings. The summed E-state index contributed by atoms with van der Waals surface area (Å²) in [6.07, 6.45) is 2.06. The fourth-order valence-corrected chi connectivity index (χ4v) is 5.08. The van der Waals surface area contributed by atoms with Gasteiger partial charge in [-0.05, 0) is 56.1 Å². The topological polar surface area (TPSA) is 92.8 Å². The second-order valence-electron chi connectivity index (χ2n) is 9.66. The molecule has 0 unspecified atom stereocenters. The van der Waals surface area contributed by atoms with Gasteiger partial charge in [0.1, 0.15) is 12.1 Å². The summed E-state index contributed by atoms with van der Waals surface area (Å²) in [5.74, 6) is -1.21. The number of imide groups is 1. The Hall–Kier alpha value is -2.70. The Bertz CT molecular complexity index is 907. The van der Waals surface area contributed by atoms with Crippen LogP contribution in [0.4, 0.5) is 4.79 Å². The maximum atomic E-state index is 13.1. The smallest absolute Gasteiger partial charge is 0.326 e. The second-order valence-corrected chi connectivity index (χ2v) is 9.66. The summed E-state index contributed by atoms with van der Waals surface area (Å²) < 4.78 is 5.09. The summed E-state index contributed by atoms with van der Waals surface area (Å²) in [6.45, 7) is 9.00. The third-order valence-electron chi connectivity index (χ3n) is 5.97. The monoisotopic (exact) mass is 414 g/mol. The number of nitrogens with one attached hydrogen (secondary N) is 1. The van der Waals surface area contributed by atoms with Gasteiger partial charge in [-0.25, -0.2) is 4.79 Å². The van der Waals surface area contributed by atoms with Crippen LogP contribution in [0.3, 0.4) is 0 Å². The Kier molecular flexibility index (Phi) is 5.76. The molecule has 162 valence electrons. The Morgan fingerprint density at radius 2 is 1.90 bits per heavy atom. The highest BCUT2D eigenvalue weighted by molar-refractivity contribution is 6.09. The van der Waals surface area contributed by atoms with E-state index in [9.17, 15) is 19.2 Å². The van der Waals surface area contributed by atoms with E-state index >= 15 is 0 Å². The molecule has 0 bridgehead atoms. The highest BCUT2D eigenvalue weighted by atomic mass is 16.5. The number of amides is 3. The van der Waals surface area contributed by atoms with Crippen LogP contribution in [0.1, 0.15) is 61.5 Å². The van der Waals surface area contributed by atoms with Gasteiger partial charge in [-0.15, -0.1) is 0 Å². The Balaban J connectivity index is 1.63. The van der Waals surface area contributed by atoms with E-state index in [4.69, 9.17) is 4.74 Å². The summed E-state index contributed by atoms with van der Waals surface area (Å²) >= 11 is 0. The third-order valence-corrected chi connectivity index (χ3v) is 5.97. The molecule has 3 amide bonds. The van der Waals surface area contributed by atoms with Crippen molar-refractivity contribution in [3.8, 4) is 0 Å². The van der Waals surface area contributed by atoms with Crippen LogP contribution in [-0.2, 0) is 14.3 Å². The number of ether oxygens (including phenoxy) is 1. The zero-order valence-electron chi connectivity index (χ0n) is 18.3. The second kappa shape index (κ2) is 7.85. The van der Waals surface area contributed by atoms with E-state index < -0.39 is 30.7 Å². The van der Waals surface area contributed by atoms with Crippen molar-refractivity contribution in [3.05, 3.63) is 34.9 Å². The maximum Gasteiger partial charge on any atom is 0.326 e. The quantitative estimate of drug-likeness (QED) is 0.454. The van der Waals surface area contributed by atoms with Gasteiger partial charge in [-0.1, -0.05) is 38.5 Å². The summed E-state index contributed by atoms with van der Waals surface area (Å²) in [5.41, 5.74) is 1.17. The number of carbonyl (C=O) groups is 4. The molecule has 1 aromatic carbocycles. The van der Waals surface area contributed by atoms with Crippen molar-refractivity contribution in [2.24, 2.45) is 11.3 Å². The van der Waals surface area contributed by atoms with Crippen molar-refractivity contribution in [2.75, 3.05) is 13.2 Å². The molecule has 1 aliphatic carbocycles. The number of nitrogens with zero attached hydrogens (tertiary/aromatic N) is 1. The van der Waals surface area contributed by atoms with Crippen LogP contribution in [0.2, 0.25) is 0 Å². The molecule has 3 rings (SSSR count). The van der Waals surface area contributed by atoms with Gasteiger partial charge < -0.3 is 10.1 Å². The number of urea groups is 1. The number of ketones is 1. The van der Waals surface area contributed by atoms with Crippen molar-refractivity contribution in [3.63, 3.8) is 0 Å². The molecule has 1 saturated carbocycles. The van der Waals surface area contributed by atoms with Crippen LogP contribution in [-0.4, -0.2) is 47.3 Å². The van der Waals surface area contributed by atoms with Crippen molar-refractivity contribution in [1.29, 1.82) is 0 Å². The molecule has 30 heavy (non-hydrogen) atoms. The lowest BCUT2D eigenvalue weighted by atomic mass is 9.64. The molecule has 1 heterocycles. The molecule has 1 N–H and O–H groups in total. The number of hydrogen-bond donors (Lipinski definition) is 1. The lowest BCUT2D eigenvalue weighted by molar-refractivity contribution is -0.147. The van der Waals surface area contributed by atoms with E-state index in [2.05, 4.69) is 26.1 Å². The molecule has 1 spiro atoms. The normalized spacial score (nSPS) is 25.4. The Labute approximate surface area is 177 Å². The highest BCUT2D eigenvalue weighted by Crippen LogP contribution is 2.46. The summed E-state index contributed by atoms with van der Waals surface area (Å²) in [6, 6.07) is 4.91. The Morgan fingerprint density at radius 1 is 1.20 bits per heavy atom. The molecular weight excluding hydrogens is 384 g/mol. The molecule has 7 nitrogen and oxygen atoms in total. The van der Waals surface area contributed by atoms with Gasteiger partial charge in [0.05, 0.1) is 0 Å². The number of carbonyl (C=O) groups excluding carboxylic acids is 4. The molecule has 2 fully saturated rings. The zero-order chi connectivity index (χ0) is 22.3. The zero-order valence-corrected chi connectivity index (χ0v) is 18.3. The largest absolute Gasteiger partial charge is 0.456 e. The number of hydrogen-bond acceptors (Lipinski definition) is 5. The lowest BCUT2D eigenvalue weighted by Gasteiger charge is -2.43. The fourth-order valence-electron chi connectivity index (χ4n) is 5.08. The maximum absolute atomic E-state index is 13.1. The SMILES string of the molecule is Cc1ccc(C)c(C(=O)COC(=O)CN2C(=O)N[C@@]3(C[C@H](C)CC(C)(C)C3)C2=O)c1. The van der Waals surface area contributed by atoms with Crippen LogP contribution in [0.5, 0.6) is 0 Å². The first kappa shape index (κ1) is 22.0. The average Bonchev–Trinajstić information content (AvgIpc) is 2.83. The molecular formula is C23H30N2O5. The van der Waals surface area contributed by atoms with Gasteiger partial charge in [0.15, 0.2) is 6.61 Å². The number of benzene rings is 1. The predicted molar refractivity (Wildman–Crippen MR) is 111 cm³/mol. The minimum absolute atomic E-state index is 0.0881. The molecule has 2 atom stereocenters. The number of esters is 1. The van der Waals surface area contributed by atoms with E-state index in [1.807, 2.05) is 26.0 Å². The van der Waals surface area contributed by atoms with Gasteiger partial charge in [0.25, 0.3) is 5.91 Å². The summed E-state index contributed by atoms with van der Waals surface area (Å²) in [4.78, 5) is 51.2. The van der Waals surface area contributed by atoms with Crippen molar-refractivity contribution < 1.29 is 23.9 Å². The highest BCUT2D eigenvalue weighted by Gasteiger charge is 2.56. The lowest BCUT2D eigenvalue weighted by Crippen LogP contribution is -2.54. The minimum Gasteiger partial charge on any atom is -0.456 e. The number of Topliss-reactive ketones (excluding diaryl/α,β-unsaturated/α-hetero) is 1. The van der Waals surface area contributed by atoms with Crippen molar-refractivity contribution in [2.45, 2.75) is 59.4 Å². The Morgan fingerprint density at radius 3 is 2.57 bits per heavy atom. The van der Waals surface area contributed by atoms with E-state index in [0.717, 1.165) is 22.4 Å². The number of aryl methyl sites for hydroxylation is 2. The van der Waals surface area contributed by atoms with Gasteiger partial charge >= 0.3 is 12.0 Å². The molecule has 1 aromatic rings. The first-order valence-electron chi connectivity index (χ1n) is 10.3. The molecule has 0 aromatic heterocycles. The first-order chi connectivity index (χ1) is 13.9. The van der Waals surface area contributed by atoms with Gasteiger partial charge in [-0.2, -0.15) is 0 Å². The molecule has 1 aliphatic heterocycles. The van der Waals surface area contributed by atoms with Crippen molar-refractivity contribution >= 4 is 23.7 Å².